The molecule has 0 bridgehead atoms. The van der Waals surface area contributed by atoms with Gasteiger partial charge in [0.2, 0.25) is 0 Å². The van der Waals surface area contributed by atoms with Gasteiger partial charge in [-0.1, -0.05) is 60.7 Å². The summed E-state index contributed by atoms with van der Waals surface area (Å²) in [5.41, 5.74) is 4.14. The average molecular weight is 497 g/mol. The molecule has 0 unspecified atom stereocenters. The summed E-state index contributed by atoms with van der Waals surface area (Å²) in [4.78, 5) is 27.9. The van der Waals surface area contributed by atoms with E-state index in [2.05, 4.69) is 10.6 Å². The number of nitrogens with one attached hydrogen (secondary N) is 2. The number of hydrogen-bond acceptors (Lipinski definition) is 6. The first-order chi connectivity index (χ1) is 18.7. The van der Waals surface area contributed by atoms with Gasteiger partial charge in [0, 0.05) is 22.3 Å². The monoisotopic (exact) mass is 496 g/mol. The normalized spacial score (nSPS) is 12.2. The van der Waals surface area contributed by atoms with Crippen LogP contribution in [0.3, 0.4) is 0 Å². The molecule has 38 heavy (non-hydrogen) atoms. The van der Waals surface area contributed by atoms with Crippen LogP contribution in [0.2, 0.25) is 0 Å². The fraction of sp³-hybridized carbons (Fsp3) is 0. The number of hydrogen-bond donors (Lipinski definition) is 2. The van der Waals surface area contributed by atoms with E-state index >= 15 is 0 Å². The van der Waals surface area contributed by atoms with Crippen molar-refractivity contribution in [2.24, 2.45) is 0 Å². The fourth-order valence-electron chi connectivity index (χ4n) is 4.86. The highest BCUT2D eigenvalue weighted by Crippen LogP contribution is 2.45. The molecule has 6 nitrogen and oxygen atoms in total. The minimum atomic E-state index is -0.277. The molecule has 0 saturated heterocycles. The van der Waals surface area contributed by atoms with Gasteiger partial charge < -0.3 is 20.1 Å². The first-order valence-electron chi connectivity index (χ1n) is 12.2. The summed E-state index contributed by atoms with van der Waals surface area (Å²) < 4.78 is 12.1. The maximum atomic E-state index is 14.0. The summed E-state index contributed by atoms with van der Waals surface area (Å²) in [6, 6.07) is 32.6. The van der Waals surface area contributed by atoms with Crippen molar-refractivity contribution < 1.29 is 19.1 Å². The Kier molecular flexibility index (Phi) is 4.97. The Morgan fingerprint density at radius 1 is 0.421 bits per heavy atom. The smallest absolute Gasteiger partial charge is 0.196 e. The fourth-order valence-corrected chi connectivity index (χ4v) is 4.86. The second-order valence-corrected chi connectivity index (χ2v) is 9.01. The first kappa shape index (κ1) is 21.9. The maximum Gasteiger partial charge on any atom is 0.196 e. The first-order valence-corrected chi connectivity index (χ1v) is 12.2. The van der Waals surface area contributed by atoms with Gasteiger partial charge in [-0.05, 0) is 48.5 Å². The quantitative estimate of drug-likeness (QED) is 0.242. The zero-order valence-corrected chi connectivity index (χ0v) is 20.0. The van der Waals surface area contributed by atoms with E-state index in [0.717, 1.165) is 11.4 Å². The highest BCUT2D eigenvalue weighted by atomic mass is 16.5. The van der Waals surface area contributed by atoms with Crippen molar-refractivity contribution in [2.45, 2.75) is 0 Å². The van der Waals surface area contributed by atoms with Crippen LogP contribution in [0.4, 0.5) is 22.7 Å². The summed E-state index contributed by atoms with van der Waals surface area (Å²) >= 11 is 0. The van der Waals surface area contributed by atoms with Crippen molar-refractivity contribution in [2.75, 3.05) is 10.6 Å². The lowest BCUT2D eigenvalue weighted by atomic mass is 9.91. The Labute approximate surface area is 218 Å². The number of carbonyl (C=O) groups excluding carboxylic acids is 2. The van der Waals surface area contributed by atoms with Crippen molar-refractivity contribution in [1.82, 2.24) is 0 Å². The lowest BCUT2D eigenvalue weighted by Gasteiger charge is -2.24. The standard InChI is InChI=1S/C32H20N2O4/c35-31(21-11-7-17-27-29(21)33-23-13-3-5-15-25(23)37-27)19-9-1-2-10-20(19)32(36)22-12-8-18-28-30(22)34-24-14-4-6-16-26(24)38-28/h1-18,33-34H. The second-order valence-electron chi connectivity index (χ2n) is 9.01. The predicted octanol–water partition coefficient (Wildman–Crippen LogP) is 7.85. The number of carbonyl (C=O) groups is 2. The molecular weight excluding hydrogens is 476 g/mol. The third-order valence-corrected chi connectivity index (χ3v) is 6.69. The van der Waals surface area contributed by atoms with E-state index in [-0.39, 0.29) is 11.6 Å². The van der Waals surface area contributed by atoms with Crippen molar-refractivity contribution in [1.29, 1.82) is 0 Å². The number of ether oxygens (including phenoxy) is 2. The third-order valence-electron chi connectivity index (χ3n) is 6.69. The predicted molar refractivity (Wildman–Crippen MR) is 146 cm³/mol. The van der Waals surface area contributed by atoms with Gasteiger partial charge in [-0.25, -0.2) is 0 Å². The molecule has 0 aromatic heterocycles. The lowest BCUT2D eigenvalue weighted by molar-refractivity contribution is 0.100. The van der Waals surface area contributed by atoms with E-state index in [4.69, 9.17) is 9.47 Å². The van der Waals surface area contributed by atoms with Gasteiger partial charge in [-0.3, -0.25) is 9.59 Å². The number of para-hydroxylation sites is 6. The van der Waals surface area contributed by atoms with Crippen LogP contribution < -0.4 is 20.1 Å². The molecule has 2 N–H and O–H groups in total. The van der Waals surface area contributed by atoms with Crippen LogP contribution in [0.5, 0.6) is 23.0 Å². The summed E-state index contributed by atoms with van der Waals surface area (Å²) in [5.74, 6) is 1.92. The van der Waals surface area contributed by atoms with Crippen molar-refractivity contribution in [3.63, 3.8) is 0 Å². The number of fused-ring (bicyclic) bond motifs is 4. The van der Waals surface area contributed by atoms with Gasteiger partial charge in [-0.15, -0.1) is 0 Å². The maximum absolute atomic E-state index is 14.0. The van der Waals surface area contributed by atoms with Gasteiger partial charge in [0.25, 0.3) is 0 Å². The molecule has 2 heterocycles. The number of ketones is 2. The van der Waals surface area contributed by atoms with E-state index in [1.807, 2.05) is 60.7 Å². The zero-order valence-electron chi connectivity index (χ0n) is 20.0. The van der Waals surface area contributed by atoms with Gasteiger partial charge >= 0.3 is 0 Å². The van der Waals surface area contributed by atoms with Gasteiger partial charge in [0.05, 0.1) is 22.7 Å². The highest BCUT2D eigenvalue weighted by Gasteiger charge is 2.28. The van der Waals surface area contributed by atoms with E-state index in [9.17, 15) is 9.59 Å². The topological polar surface area (TPSA) is 76.7 Å². The van der Waals surface area contributed by atoms with Crippen LogP contribution in [0.25, 0.3) is 0 Å². The molecule has 0 amide bonds. The van der Waals surface area contributed by atoms with Crippen molar-refractivity contribution in [3.8, 4) is 23.0 Å². The summed E-state index contributed by atoms with van der Waals surface area (Å²) in [5, 5.41) is 6.67. The SMILES string of the molecule is O=C(c1ccccc1C(=O)c1cccc2c1Nc1ccccc1O2)c1cccc2c1Nc1ccccc1O2. The molecule has 6 heteroatoms. The Bertz CT molecular complexity index is 1650. The van der Waals surface area contributed by atoms with Crippen LogP contribution in [0.1, 0.15) is 31.8 Å². The van der Waals surface area contributed by atoms with Crippen LogP contribution in [0, 0.1) is 0 Å². The molecule has 0 fully saturated rings. The molecule has 5 aromatic rings. The number of benzene rings is 5. The molecule has 0 atom stereocenters. The number of rotatable bonds is 4. The molecule has 2 aliphatic heterocycles. The second kappa shape index (κ2) is 8.64. The van der Waals surface area contributed by atoms with E-state index in [1.54, 1.807) is 48.5 Å². The summed E-state index contributed by atoms with van der Waals surface area (Å²) in [6.45, 7) is 0. The molecule has 0 radical (unpaired) electrons. The highest BCUT2D eigenvalue weighted by molar-refractivity contribution is 6.23. The van der Waals surface area contributed by atoms with E-state index in [1.165, 1.54) is 0 Å². The Morgan fingerprint density at radius 3 is 1.26 bits per heavy atom. The summed E-state index contributed by atoms with van der Waals surface area (Å²) in [7, 11) is 0. The third kappa shape index (κ3) is 3.50. The minimum Gasteiger partial charge on any atom is -0.453 e. The van der Waals surface area contributed by atoms with Crippen LogP contribution in [0.15, 0.2) is 109 Å². The molecule has 5 aromatic carbocycles. The number of anilines is 4. The average Bonchev–Trinajstić information content (AvgIpc) is 2.97. The molecule has 0 saturated carbocycles. The molecule has 0 aliphatic carbocycles. The van der Waals surface area contributed by atoms with Crippen LogP contribution in [-0.4, -0.2) is 11.6 Å². The Balaban J connectivity index is 1.28. The molecule has 7 rings (SSSR count). The Morgan fingerprint density at radius 2 is 0.789 bits per heavy atom. The largest absolute Gasteiger partial charge is 0.453 e. The lowest BCUT2D eigenvalue weighted by Crippen LogP contribution is -2.15. The van der Waals surface area contributed by atoms with E-state index in [0.29, 0.717) is 56.6 Å². The van der Waals surface area contributed by atoms with E-state index < -0.39 is 0 Å². The van der Waals surface area contributed by atoms with Gasteiger partial charge in [-0.2, -0.15) is 0 Å². The zero-order chi connectivity index (χ0) is 25.6. The molecule has 2 aliphatic rings. The molecular formula is C32H20N2O4. The van der Waals surface area contributed by atoms with Crippen LogP contribution in [-0.2, 0) is 0 Å². The Hall–Kier alpha value is -5.36. The van der Waals surface area contributed by atoms with Gasteiger partial charge in [0.15, 0.2) is 34.6 Å². The molecule has 182 valence electrons. The minimum absolute atomic E-state index is 0.277. The summed E-state index contributed by atoms with van der Waals surface area (Å²) in [6.07, 6.45) is 0. The van der Waals surface area contributed by atoms with Crippen molar-refractivity contribution in [3.05, 3.63) is 131 Å². The van der Waals surface area contributed by atoms with Crippen molar-refractivity contribution >= 4 is 34.3 Å². The van der Waals surface area contributed by atoms with Gasteiger partial charge in [0.1, 0.15) is 0 Å². The van der Waals surface area contributed by atoms with Crippen LogP contribution >= 0.6 is 0 Å². The molecule has 0 spiro atoms.